The van der Waals surface area contributed by atoms with E-state index >= 15 is 0 Å². The third-order valence-corrected chi connectivity index (χ3v) is 4.88. The lowest BCUT2D eigenvalue weighted by atomic mass is 10.1. The molecule has 0 saturated heterocycles. The van der Waals surface area contributed by atoms with E-state index in [4.69, 9.17) is 17.3 Å². The van der Waals surface area contributed by atoms with Crippen LogP contribution in [0.25, 0.3) is 0 Å². The minimum absolute atomic E-state index is 0.0784. The van der Waals surface area contributed by atoms with Crippen LogP contribution in [0.3, 0.4) is 0 Å². The molecule has 1 atom stereocenters. The molecule has 3 aromatic rings. The smallest absolute Gasteiger partial charge is 0.274 e. The topological polar surface area (TPSA) is 84.5 Å². The van der Waals surface area contributed by atoms with Crippen LogP contribution in [0.1, 0.15) is 27.5 Å². The molecule has 29 heavy (non-hydrogen) atoms. The third-order valence-electron chi connectivity index (χ3n) is 4.11. The van der Waals surface area contributed by atoms with Gasteiger partial charge in [-0.2, -0.15) is 4.99 Å². The van der Waals surface area contributed by atoms with Crippen molar-refractivity contribution in [2.24, 2.45) is 10.7 Å². The van der Waals surface area contributed by atoms with E-state index in [0.717, 1.165) is 4.47 Å². The second-order valence-electron chi connectivity index (χ2n) is 6.17. The second kappa shape index (κ2) is 9.49. The minimum atomic E-state index is -1.00. The van der Waals surface area contributed by atoms with E-state index in [0.29, 0.717) is 21.7 Å². The number of amides is 2. The Morgan fingerprint density at radius 3 is 2.24 bits per heavy atom. The van der Waals surface area contributed by atoms with Gasteiger partial charge in [-0.3, -0.25) is 9.59 Å². The molecule has 0 aliphatic heterocycles. The fraction of sp³-hybridized carbons (Fsp3) is 0.0455. The van der Waals surface area contributed by atoms with E-state index in [2.05, 4.69) is 26.2 Å². The summed E-state index contributed by atoms with van der Waals surface area (Å²) in [6, 6.07) is 21.5. The van der Waals surface area contributed by atoms with Crippen LogP contribution in [0, 0.1) is 0 Å². The molecule has 3 N–H and O–H groups in total. The lowest BCUT2D eigenvalue weighted by Crippen LogP contribution is -2.34. The largest absolute Gasteiger partial charge is 0.383 e. The normalized spacial score (nSPS) is 12.3. The summed E-state index contributed by atoms with van der Waals surface area (Å²) in [5.41, 5.74) is 7.53. The van der Waals surface area contributed by atoms with Gasteiger partial charge in [0.15, 0.2) is 0 Å². The monoisotopic (exact) mass is 469 g/mol. The zero-order valence-electron chi connectivity index (χ0n) is 15.2. The van der Waals surface area contributed by atoms with Crippen LogP contribution in [0.15, 0.2) is 88.3 Å². The van der Waals surface area contributed by atoms with Crippen molar-refractivity contribution in [1.82, 2.24) is 5.32 Å². The van der Waals surface area contributed by atoms with Gasteiger partial charge in [0.1, 0.15) is 11.9 Å². The molecular weight excluding hydrogens is 454 g/mol. The fourth-order valence-electron chi connectivity index (χ4n) is 2.64. The summed E-state index contributed by atoms with van der Waals surface area (Å²) in [4.78, 5) is 29.6. The van der Waals surface area contributed by atoms with Gasteiger partial charge in [-0.05, 0) is 35.9 Å². The maximum atomic E-state index is 12.9. The van der Waals surface area contributed by atoms with E-state index in [1.54, 1.807) is 66.7 Å². The Morgan fingerprint density at radius 1 is 0.931 bits per heavy atom. The Hall–Kier alpha value is -2.96. The Morgan fingerprint density at radius 2 is 1.59 bits per heavy atom. The number of nitrogens with zero attached hydrogens (tertiary/aromatic N) is 1. The molecule has 0 aliphatic carbocycles. The summed E-state index contributed by atoms with van der Waals surface area (Å²) in [5, 5.41) is 3.15. The van der Waals surface area contributed by atoms with Crippen molar-refractivity contribution in [1.29, 1.82) is 0 Å². The second-order valence-corrected chi connectivity index (χ2v) is 7.52. The lowest BCUT2D eigenvalue weighted by molar-refractivity contribution is -0.119. The van der Waals surface area contributed by atoms with Crippen LogP contribution in [-0.4, -0.2) is 17.6 Å². The van der Waals surface area contributed by atoms with Crippen molar-refractivity contribution < 1.29 is 9.59 Å². The minimum Gasteiger partial charge on any atom is -0.383 e. The Bertz CT molecular complexity index is 1050. The first-order valence-corrected chi connectivity index (χ1v) is 9.86. The summed E-state index contributed by atoms with van der Waals surface area (Å²) in [6.45, 7) is 0. The molecule has 0 heterocycles. The lowest BCUT2D eigenvalue weighted by Gasteiger charge is -2.17. The molecule has 0 fully saturated rings. The summed E-state index contributed by atoms with van der Waals surface area (Å²) in [7, 11) is 0. The molecule has 5 nitrogen and oxygen atoms in total. The average Bonchev–Trinajstić information content (AvgIpc) is 2.73. The van der Waals surface area contributed by atoms with Gasteiger partial charge >= 0.3 is 0 Å². The zero-order chi connectivity index (χ0) is 20.8. The molecule has 0 radical (unpaired) electrons. The number of aliphatic imine (C=N–C) groups is 1. The van der Waals surface area contributed by atoms with Crippen LogP contribution in [-0.2, 0) is 4.79 Å². The number of nitrogens with one attached hydrogen (secondary N) is 1. The Kier molecular flexibility index (Phi) is 6.80. The quantitative estimate of drug-likeness (QED) is 0.425. The number of amidine groups is 1. The van der Waals surface area contributed by atoms with E-state index in [1.807, 2.05) is 6.07 Å². The highest BCUT2D eigenvalue weighted by Gasteiger charge is 2.24. The van der Waals surface area contributed by atoms with Gasteiger partial charge < -0.3 is 11.1 Å². The number of carbonyl (C=O) groups excluding carboxylic acids is 2. The van der Waals surface area contributed by atoms with Crippen LogP contribution in [0.2, 0.25) is 5.02 Å². The van der Waals surface area contributed by atoms with E-state index in [1.165, 1.54) is 6.07 Å². The highest BCUT2D eigenvalue weighted by atomic mass is 79.9. The van der Waals surface area contributed by atoms with Crippen LogP contribution < -0.4 is 11.1 Å². The highest BCUT2D eigenvalue weighted by Crippen LogP contribution is 2.20. The Balaban J connectivity index is 1.91. The van der Waals surface area contributed by atoms with Gasteiger partial charge in [0.05, 0.1) is 0 Å². The van der Waals surface area contributed by atoms with Gasteiger partial charge in [0, 0.05) is 20.6 Å². The van der Waals surface area contributed by atoms with E-state index in [-0.39, 0.29) is 5.84 Å². The van der Waals surface area contributed by atoms with Crippen molar-refractivity contribution >= 4 is 45.2 Å². The first-order valence-electron chi connectivity index (χ1n) is 8.69. The number of hydrogen-bond acceptors (Lipinski definition) is 2. The SMILES string of the molecule is NC(=NC(=O)C(NC(=O)c1cccc(Cl)c1)c1ccc(Br)cc1)c1ccccc1. The fourth-order valence-corrected chi connectivity index (χ4v) is 3.10. The molecule has 2 amide bonds. The van der Waals surface area contributed by atoms with Crippen molar-refractivity contribution in [3.8, 4) is 0 Å². The van der Waals surface area contributed by atoms with E-state index in [9.17, 15) is 9.59 Å². The standard InChI is InChI=1S/C22H17BrClN3O2/c23-17-11-9-14(10-12-17)19(26-21(28)16-7-4-8-18(24)13-16)22(29)27-20(25)15-5-2-1-3-6-15/h1-13,19H,(H,26,28)(H2,25,27,29). The van der Waals surface area contributed by atoms with Crippen LogP contribution >= 0.6 is 27.5 Å². The number of rotatable bonds is 5. The summed E-state index contributed by atoms with van der Waals surface area (Å²) >= 11 is 9.33. The molecule has 0 aromatic heterocycles. The first kappa shape index (κ1) is 20.8. The van der Waals surface area contributed by atoms with Crippen molar-refractivity contribution in [3.05, 3.63) is 105 Å². The number of carbonyl (C=O) groups is 2. The molecule has 0 bridgehead atoms. The van der Waals surface area contributed by atoms with Gasteiger partial charge in [0.25, 0.3) is 11.8 Å². The molecule has 146 valence electrons. The molecular formula is C22H17BrClN3O2. The first-order chi connectivity index (χ1) is 13.9. The van der Waals surface area contributed by atoms with Gasteiger partial charge in [-0.15, -0.1) is 0 Å². The van der Waals surface area contributed by atoms with Gasteiger partial charge in [-0.25, -0.2) is 0 Å². The maximum absolute atomic E-state index is 12.9. The number of benzene rings is 3. The van der Waals surface area contributed by atoms with Crippen molar-refractivity contribution in [3.63, 3.8) is 0 Å². The summed E-state index contributed by atoms with van der Waals surface area (Å²) in [5.74, 6) is -0.943. The predicted octanol–water partition coefficient (Wildman–Crippen LogP) is 4.51. The number of halogens is 2. The van der Waals surface area contributed by atoms with Crippen LogP contribution in [0.4, 0.5) is 0 Å². The molecule has 3 rings (SSSR count). The van der Waals surface area contributed by atoms with Crippen molar-refractivity contribution in [2.45, 2.75) is 6.04 Å². The van der Waals surface area contributed by atoms with Gasteiger partial charge in [-0.1, -0.05) is 76.1 Å². The zero-order valence-corrected chi connectivity index (χ0v) is 17.5. The summed E-state index contributed by atoms with van der Waals surface area (Å²) < 4.78 is 0.848. The molecule has 0 saturated carbocycles. The van der Waals surface area contributed by atoms with Gasteiger partial charge in [0.2, 0.25) is 0 Å². The molecule has 3 aromatic carbocycles. The highest BCUT2D eigenvalue weighted by molar-refractivity contribution is 9.10. The molecule has 1 unspecified atom stereocenters. The Labute approximate surface area is 181 Å². The number of nitrogens with two attached hydrogens (primary N) is 1. The van der Waals surface area contributed by atoms with E-state index < -0.39 is 17.9 Å². The maximum Gasteiger partial charge on any atom is 0.274 e. The molecule has 0 spiro atoms. The molecule has 7 heteroatoms. The van der Waals surface area contributed by atoms with Crippen LogP contribution in [0.5, 0.6) is 0 Å². The molecule has 0 aliphatic rings. The summed E-state index contributed by atoms with van der Waals surface area (Å²) in [6.07, 6.45) is 0. The average molecular weight is 471 g/mol. The van der Waals surface area contributed by atoms with Crippen molar-refractivity contribution in [2.75, 3.05) is 0 Å². The third kappa shape index (κ3) is 5.53. The number of hydrogen-bond donors (Lipinski definition) is 2. The predicted molar refractivity (Wildman–Crippen MR) is 118 cm³/mol.